The maximum atomic E-state index is 11.2. The summed E-state index contributed by atoms with van der Waals surface area (Å²) in [6, 6.07) is 0. The molecule has 1 saturated heterocycles. The first-order valence-electron chi connectivity index (χ1n) is 4.44. The summed E-state index contributed by atoms with van der Waals surface area (Å²) in [5, 5.41) is 0. The molecule has 0 N–H and O–H groups in total. The summed E-state index contributed by atoms with van der Waals surface area (Å²) in [4.78, 5) is 12.3. The molecule has 0 aromatic heterocycles. The molecule has 1 rings (SSSR count). The maximum absolute atomic E-state index is 11.2. The van der Waals surface area contributed by atoms with Crippen LogP contribution in [0.2, 0.25) is 0 Å². The number of halogens is 2. The van der Waals surface area contributed by atoms with E-state index in [-0.39, 0.29) is 5.78 Å². The zero-order valence-electron chi connectivity index (χ0n) is 8.00. The third-order valence-corrected chi connectivity index (χ3v) is 2.51. The van der Waals surface area contributed by atoms with Crippen LogP contribution in [0.1, 0.15) is 6.92 Å². The topological polar surface area (TPSA) is 29.5 Å². The molecule has 0 bridgehead atoms. The molecular weight excluding hydrogens is 225 g/mol. The lowest BCUT2D eigenvalue weighted by molar-refractivity contribution is -0.113. The number of allylic oxidation sites excluding steroid dienone is 2. The molecule has 1 aliphatic heterocycles. The summed E-state index contributed by atoms with van der Waals surface area (Å²) in [5.74, 6) is -0.266. The second kappa shape index (κ2) is 5.59. The lowest BCUT2D eigenvalue weighted by Gasteiger charge is -2.29. The Kier molecular flexibility index (Phi) is 4.72. The number of ether oxygens (including phenoxy) is 1. The van der Waals surface area contributed by atoms with E-state index >= 15 is 0 Å². The number of carbonyl (C=O) groups excluding carboxylic acids is 1. The van der Waals surface area contributed by atoms with Crippen molar-refractivity contribution in [1.29, 1.82) is 0 Å². The van der Waals surface area contributed by atoms with Gasteiger partial charge in [0.2, 0.25) is 0 Å². The van der Waals surface area contributed by atoms with Crippen LogP contribution in [-0.2, 0) is 9.53 Å². The molecule has 0 spiro atoms. The molecule has 5 heteroatoms. The van der Waals surface area contributed by atoms with Gasteiger partial charge in [-0.1, -0.05) is 23.2 Å². The van der Waals surface area contributed by atoms with Crippen LogP contribution in [0.15, 0.2) is 11.8 Å². The molecule has 1 aliphatic rings. The fourth-order valence-electron chi connectivity index (χ4n) is 1.28. The molecule has 0 saturated carbocycles. The fraction of sp³-hybridized carbons (Fsp3) is 0.667. The molecule has 1 heterocycles. The van der Waals surface area contributed by atoms with Crippen LogP contribution in [-0.4, -0.2) is 41.8 Å². The first-order chi connectivity index (χ1) is 6.61. The summed E-state index contributed by atoms with van der Waals surface area (Å²) in [6.45, 7) is 4.89. The Hall–Kier alpha value is -0.250. The van der Waals surface area contributed by atoms with Gasteiger partial charge in [0.05, 0.1) is 13.2 Å². The summed E-state index contributed by atoms with van der Waals surface area (Å²) in [7, 11) is 0. The minimum Gasteiger partial charge on any atom is -0.378 e. The Morgan fingerprint density at radius 2 is 2.00 bits per heavy atom. The van der Waals surface area contributed by atoms with Crippen LogP contribution in [0.3, 0.4) is 0 Å². The minimum absolute atomic E-state index is 0.266. The average molecular weight is 238 g/mol. The highest BCUT2D eigenvalue weighted by molar-refractivity contribution is 6.54. The molecule has 0 atom stereocenters. The number of carbonyl (C=O) groups is 1. The number of hydrogen-bond donors (Lipinski definition) is 0. The van der Waals surface area contributed by atoms with Gasteiger partial charge in [-0.05, 0) is 6.92 Å². The minimum atomic E-state index is -0.967. The monoisotopic (exact) mass is 237 g/mol. The van der Waals surface area contributed by atoms with Gasteiger partial charge >= 0.3 is 0 Å². The Balaban J connectivity index is 2.53. The van der Waals surface area contributed by atoms with Crippen molar-refractivity contribution in [2.45, 2.75) is 11.8 Å². The Morgan fingerprint density at radius 3 is 2.50 bits per heavy atom. The van der Waals surface area contributed by atoms with Gasteiger partial charge in [0.15, 0.2) is 10.6 Å². The van der Waals surface area contributed by atoms with Crippen LogP contribution >= 0.6 is 23.2 Å². The lowest BCUT2D eigenvalue weighted by Crippen LogP contribution is -2.35. The Morgan fingerprint density at radius 1 is 1.43 bits per heavy atom. The normalized spacial score (nSPS) is 18.9. The van der Waals surface area contributed by atoms with Crippen LogP contribution in [0, 0.1) is 0 Å². The van der Waals surface area contributed by atoms with Gasteiger partial charge in [-0.2, -0.15) is 0 Å². The first-order valence-corrected chi connectivity index (χ1v) is 5.31. The molecular formula is C9H13Cl2NO2. The van der Waals surface area contributed by atoms with Crippen molar-refractivity contribution in [3.8, 4) is 0 Å². The maximum Gasteiger partial charge on any atom is 0.190 e. The van der Waals surface area contributed by atoms with E-state index in [4.69, 9.17) is 27.9 Å². The second-order valence-corrected chi connectivity index (χ2v) is 4.18. The summed E-state index contributed by atoms with van der Waals surface area (Å²) in [5.41, 5.74) is 0.893. The first kappa shape index (κ1) is 11.8. The Bertz CT molecular complexity index is 235. The predicted molar refractivity (Wildman–Crippen MR) is 56.7 cm³/mol. The highest BCUT2D eigenvalue weighted by Crippen LogP contribution is 2.10. The number of hydrogen-bond acceptors (Lipinski definition) is 3. The smallest absolute Gasteiger partial charge is 0.190 e. The molecule has 0 unspecified atom stereocenters. The number of rotatable bonds is 3. The van der Waals surface area contributed by atoms with E-state index in [1.165, 1.54) is 6.08 Å². The quantitative estimate of drug-likeness (QED) is 0.552. The van der Waals surface area contributed by atoms with Gasteiger partial charge in [-0.15, -0.1) is 0 Å². The largest absolute Gasteiger partial charge is 0.378 e. The molecule has 0 aromatic carbocycles. The van der Waals surface area contributed by atoms with E-state index in [0.29, 0.717) is 13.2 Å². The molecule has 3 nitrogen and oxygen atoms in total. The van der Waals surface area contributed by atoms with Crippen LogP contribution in [0.5, 0.6) is 0 Å². The number of alkyl halides is 2. The third kappa shape index (κ3) is 3.48. The zero-order chi connectivity index (χ0) is 10.6. The van der Waals surface area contributed by atoms with Crippen molar-refractivity contribution in [3.63, 3.8) is 0 Å². The second-order valence-electron chi connectivity index (χ2n) is 3.09. The lowest BCUT2D eigenvalue weighted by atomic mass is 10.3. The van der Waals surface area contributed by atoms with E-state index in [0.717, 1.165) is 18.8 Å². The van der Waals surface area contributed by atoms with Crippen molar-refractivity contribution in [2.24, 2.45) is 0 Å². The number of nitrogens with zero attached hydrogens (tertiary/aromatic N) is 1. The van der Waals surface area contributed by atoms with Crippen molar-refractivity contribution >= 4 is 29.0 Å². The molecule has 0 amide bonds. The van der Waals surface area contributed by atoms with E-state index in [2.05, 4.69) is 4.90 Å². The van der Waals surface area contributed by atoms with E-state index in [1.54, 1.807) is 0 Å². The van der Waals surface area contributed by atoms with Gasteiger partial charge in [0, 0.05) is 24.9 Å². The van der Waals surface area contributed by atoms with Crippen LogP contribution in [0.4, 0.5) is 0 Å². The molecule has 0 radical (unpaired) electrons. The van der Waals surface area contributed by atoms with Crippen LogP contribution in [0.25, 0.3) is 0 Å². The summed E-state index contributed by atoms with van der Waals surface area (Å²) < 4.78 is 5.20. The van der Waals surface area contributed by atoms with Gasteiger partial charge in [-0.3, -0.25) is 4.79 Å². The molecule has 80 valence electrons. The number of ketones is 1. The summed E-state index contributed by atoms with van der Waals surface area (Å²) >= 11 is 10.9. The van der Waals surface area contributed by atoms with E-state index < -0.39 is 4.84 Å². The average Bonchev–Trinajstić information content (AvgIpc) is 2.19. The van der Waals surface area contributed by atoms with Crippen LogP contribution < -0.4 is 0 Å². The summed E-state index contributed by atoms with van der Waals surface area (Å²) in [6.07, 6.45) is 1.48. The standard InChI is InChI=1S/C9H13Cl2NO2/c1-7(6-8(13)9(10)11)12-2-4-14-5-3-12/h6,9H,2-5H2,1H3/b7-6+. The van der Waals surface area contributed by atoms with Gasteiger partial charge in [-0.25, -0.2) is 0 Å². The molecule has 14 heavy (non-hydrogen) atoms. The molecule has 0 aromatic rings. The zero-order valence-corrected chi connectivity index (χ0v) is 9.51. The fourth-order valence-corrected chi connectivity index (χ4v) is 1.40. The highest BCUT2D eigenvalue weighted by atomic mass is 35.5. The highest BCUT2D eigenvalue weighted by Gasteiger charge is 2.13. The van der Waals surface area contributed by atoms with E-state index in [1.807, 2.05) is 6.92 Å². The third-order valence-electron chi connectivity index (χ3n) is 2.08. The van der Waals surface area contributed by atoms with Crippen molar-refractivity contribution in [3.05, 3.63) is 11.8 Å². The van der Waals surface area contributed by atoms with Gasteiger partial charge in [0.25, 0.3) is 0 Å². The van der Waals surface area contributed by atoms with E-state index in [9.17, 15) is 4.79 Å². The SMILES string of the molecule is C/C(=C\C(=O)C(Cl)Cl)N1CCOCC1. The molecule has 0 aliphatic carbocycles. The molecule has 1 fully saturated rings. The predicted octanol–water partition coefficient (Wildman–Crippen LogP) is 1.60. The van der Waals surface area contributed by atoms with Gasteiger partial charge < -0.3 is 9.64 Å². The van der Waals surface area contributed by atoms with Crippen molar-refractivity contribution in [1.82, 2.24) is 4.90 Å². The van der Waals surface area contributed by atoms with Gasteiger partial charge in [0.1, 0.15) is 0 Å². The van der Waals surface area contributed by atoms with Crippen molar-refractivity contribution < 1.29 is 9.53 Å². The Labute approximate surface area is 93.6 Å². The van der Waals surface area contributed by atoms with Crippen molar-refractivity contribution in [2.75, 3.05) is 26.3 Å². The number of morpholine rings is 1.